The van der Waals surface area contributed by atoms with Gasteiger partial charge in [-0.15, -0.1) is 0 Å². The van der Waals surface area contributed by atoms with Gasteiger partial charge in [0, 0.05) is 0 Å². The highest BCUT2D eigenvalue weighted by atomic mass is 15.3. The van der Waals surface area contributed by atoms with Crippen molar-refractivity contribution in [2.24, 2.45) is 27.2 Å². The first-order valence-electron chi connectivity index (χ1n) is 2.37. The number of nitrogens with one attached hydrogen (secondary N) is 1. The number of nitrogens with zero attached hydrogens (tertiary/aromatic N) is 2. The molecule has 0 unspecified atom stereocenters. The number of rotatable bonds is 0. The van der Waals surface area contributed by atoms with E-state index in [1.807, 2.05) is 0 Å². The molecule has 7 N–H and O–H groups in total. The summed E-state index contributed by atoms with van der Waals surface area (Å²) in [7, 11) is 0. The Morgan fingerprint density at radius 3 is 2.00 bits per heavy atom. The molecule has 0 bridgehead atoms. The number of nitrogens with two attached hydrogens (primary N) is 3. The SMILES string of the molecule is NC1=NC(N)N=C(N)N1. The Balaban J connectivity index is 2.69. The van der Waals surface area contributed by atoms with Crippen LogP contribution in [-0.4, -0.2) is 18.2 Å². The molecule has 6 heteroatoms. The summed E-state index contributed by atoms with van der Waals surface area (Å²) in [6, 6.07) is 0. The third kappa shape index (κ3) is 1.29. The highest BCUT2D eigenvalue weighted by Gasteiger charge is 2.05. The van der Waals surface area contributed by atoms with Crippen molar-refractivity contribution >= 4 is 11.9 Å². The van der Waals surface area contributed by atoms with Crippen LogP contribution in [0.1, 0.15) is 0 Å². The summed E-state index contributed by atoms with van der Waals surface area (Å²) in [5.41, 5.74) is 15.7. The molecule has 0 saturated heterocycles. The average Bonchev–Trinajstić information content (AvgIpc) is 1.59. The van der Waals surface area contributed by atoms with Gasteiger partial charge in [0.1, 0.15) is 0 Å². The van der Waals surface area contributed by atoms with E-state index in [2.05, 4.69) is 15.3 Å². The molecule has 0 aromatic carbocycles. The van der Waals surface area contributed by atoms with Crippen molar-refractivity contribution in [2.45, 2.75) is 6.29 Å². The number of hydrogen-bond acceptors (Lipinski definition) is 6. The Hall–Kier alpha value is -1.30. The fraction of sp³-hybridized carbons (Fsp3) is 0.333. The Labute approximate surface area is 51.8 Å². The van der Waals surface area contributed by atoms with Crippen molar-refractivity contribution in [1.29, 1.82) is 0 Å². The number of hydrogen-bond donors (Lipinski definition) is 4. The van der Waals surface area contributed by atoms with E-state index in [-0.39, 0.29) is 11.9 Å². The van der Waals surface area contributed by atoms with Gasteiger partial charge in [0.05, 0.1) is 0 Å². The van der Waals surface area contributed by atoms with Gasteiger partial charge in [-0.2, -0.15) is 0 Å². The predicted molar refractivity (Wildman–Crippen MR) is 34.4 cm³/mol. The molecule has 0 atom stereocenters. The largest absolute Gasteiger partial charge is 0.370 e. The van der Waals surface area contributed by atoms with Gasteiger partial charge in [0.15, 0.2) is 18.2 Å². The van der Waals surface area contributed by atoms with Gasteiger partial charge >= 0.3 is 0 Å². The zero-order chi connectivity index (χ0) is 6.85. The molecule has 0 radical (unpaired) electrons. The topological polar surface area (TPSA) is 115 Å². The number of aliphatic imine (C=N–C) groups is 2. The fourth-order valence-electron chi connectivity index (χ4n) is 0.510. The molecule has 1 aliphatic rings. The van der Waals surface area contributed by atoms with Gasteiger partial charge in [0.2, 0.25) is 0 Å². The Morgan fingerprint density at radius 1 is 1.22 bits per heavy atom. The van der Waals surface area contributed by atoms with E-state index < -0.39 is 6.29 Å². The maximum absolute atomic E-state index is 5.24. The molecule has 0 aromatic rings. The minimum atomic E-state index is -0.647. The molecular weight excluding hydrogens is 120 g/mol. The van der Waals surface area contributed by atoms with Crippen LogP contribution < -0.4 is 22.5 Å². The maximum atomic E-state index is 5.24. The van der Waals surface area contributed by atoms with Crippen LogP contribution in [0.15, 0.2) is 9.98 Å². The van der Waals surface area contributed by atoms with Crippen LogP contribution in [-0.2, 0) is 0 Å². The van der Waals surface area contributed by atoms with Gasteiger partial charge in [-0.25, -0.2) is 9.98 Å². The summed E-state index contributed by atoms with van der Waals surface area (Å²) >= 11 is 0. The van der Waals surface area contributed by atoms with Crippen LogP contribution in [0.2, 0.25) is 0 Å². The normalized spacial score (nSPS) is 20.1. The van der Waals surface area contributed by atoms with Crippen LogP contribution in [0.3, 0.4) is 0 Å². The third-order valence-corrected chi connectivity index (χ3v) is 0.799. The Kier molecular flexibility index (Phi) is 1.23. The zero-order valence-corrected chi connectivity index (χ0v) is 4.70. The van der Waals surface area contributed by atoms with E-state index in [0.29, 0.717) is 0 Å². The first-order valence-corrected chi connectivity index (χ1v) is 2.37. The summed E-state index contributed by atoms with van der Waals surface area (Å²) < 4.78 is 0. The van der Waals surface area contributed by atoms with Crippen molar-refractivity contribution in [3.05, 3.63) is 0 Å². The van der Waals surface area contributed by atoms with Crippen molar-refractivity contribution in [3.8, 4) is 0 Å². The first kappa shape index (κ1) is 5.83. The molecule has 0 saturated carbocycles. The third-order valence-electron chi connectivity index (χ3n) is 0.799. The second kappa shape index (κ2) is 1.90. The molecule has 6 nitrogen and oxygen atoms in total. The summed E-state index contributed by atoms with van der Waals surface area (Å²) in [6.45, 7) is 0. The van der Waals surface area contributed by atoms with Crippen molar-refractivity contribution in [2.75, 3.05) is 0 Å². The summed E-state index contributed by atoms with van der Waals surface area (Å²) in [4.78, 5) is 7.25. The van der Waals surface area contributed by atoms with E-state index >= 15 is 0 Å². The predicted octanol–water partition coefficient (Wildman–Crippen LogP) is -2.54. The molecule has 0 amide bonds. The van der Waals surface area contributed by atoms with Gasteiger partial charge in [-0.3, -0.25) is 11.1 Å². The van der Waals surface area contributed by atoms with E-state index in [1.165, 1.54) is 0 Å². The van der Waals surface area contributed by atoms with Crippen molar-refractivity contribution < 1.29 is 0 Å². The fourth-order valence-corrected chi connectivity index (χ4v) is 0.510. The monoisotopic (exact) mass is 128 g/mol. The summed E-state index contributed by atoms with van der Waals surface area (Å²) in [5, 5.41) is 2.49. The van der Waals surface area contributed by atoms with Crippen LogP contribution in [0.25, 0.3) is 0 Å². The molecule has 50 valence electrons. The lowest BCUT2D eigenvalue weighted by atomic mass is 10.7. The second-order valence-corrected chi connectivity index (χ2v) is 1.57. The molecular formula is C3H8N6. The van der Waals surface area contributed by atoms with Crippen LogP contribution in [0.4, 0.5) is 0 Å². The van der Waals surface area contributed by atoms with E-state index in [4.69, 9.17) is 17.2 Å². The molecule has 1 rings (SSSR count). The second-order valence-electron chi connectivity index (χ2n) is 1.57. The molecule has 9 heavy (non-hydrogen) atoms. The summed E-state index contributed by atoms with van der Waals surface area (Å²) in [5.74, 6) is 0.407. The summed E-state index contributed by atoms with van der Waals surface area (Å²) in [6.07, 6.45) is -0.647. The van der Waals surface area contributed by atoms with E-state index in [9.17, 15) is 0 Å². The van der Waals surface area contributed by atoms with Gasteiger partial charge < -0.3 is 11.5 Å². The molecule has 1 heterocycles. The lowest BCUT2D eigenvalue weighted by molar-refractivity contribution is 0.728. The standard InChI is InChI=1S/C3H8N6/c4-1-7-2(5)9-3(6)8-1/h1H,4H2,(H5,5,6,7,8,9). The molecule has 0 aliphatic carbocycles. The van der Waals surface area contributed by atoms with E-state index in [0.717, 1.165) is 0 Å². The first-order chi connectivity index (χ1) is 4.18. The van der Waals surface area contributed by atoms with Gasteiger partial charge in [0.25, 0.3) is 0 Å². The quantitative estimate of drug-likeness (QED) is 0.287. The molecule has 1 aliphatic heterocycles. The highest BCUT2D eigenvalue weighted by molar-refractivity contribution is 5.98. The van der Waals surface area contributed by atoms with E-state index in [1.54, 1.807) is 0 Å². The lowest BCUT2D eigenvalue weighted by Gasteiger charge is -2.12. The highest BCUT2D eigenvalue weighted by Crippen LogP contribution is 1.86. The smallest absolute Gasteiger partial charge is 0.198 e. The minimum Gasteiger partial charge on any atom is -0.370 e. The maximum Gasteiger partial charge on any atom is 0.198 e. The molecule has 0 spiro atoms. The minimum absolute atomic E-state index is 0.204. The molecule has 0 aromatic heterocycles. The van der Waals surface area contributed by atoms with Crippen molar-refractivity contribution in [3.63, 3.8) is 0 Å². The van der Waals surface area contributed by atoms with Gasteiger partial charge in [-0.1, -0.05) is 0 Å². The molecule has 0 fully saturated rings. The number of guanidine groups is 2. The van der Waals surface area contributed by atoms with Crippen LogP contribution in [0, 0.1) is 0 Å². The zero-order valence-electron chi connectivity index (χ0n) is 4.70. The average molecular weight is 128 g/mol. The van der Waals surface area contributed by atoms with Gasteiger partial charge in [-0.05, 0) is 0 Å². The van der Waals surface area contributed by atoms with Crippen LogP contribution >= 0.6 is 0 Å². The Bertz CT molecular complexity index is 151. The van der Waals surface area contributed by atoms with Crippen molar-refractivity contribution in [1.82, 2.24) is 5.32 Å². The Morgan fingerprint density at radius 2 is 1.67 bits per heavy atom. The lowest BCUT2D eigenvalue weighted by Crippen LogP contribution is -2.47. The van der Waals surface area contributed by atoms with Crippen LogP contribution in [0.5, 0.6) is 0 Å².